The van der Waals surface area contributed by atoms with Gasteiger partial charge >= 0.3 is 5.69 Å². The summed E-state index contributed by atoms with van der Waals surface area (Å²) in [6, 6.07) is 0.151. The average molecular weight is 319 g/mol. The molecule has 2 saturated carbocycles. The molecule has 0 aliphatic heterocycles. The summed E-state index contributed by atoms with van der Waals surface area (Å²) in [5.41, 5.74) is -0.611. The molecule has 0 spiro atoms. The summed E-state index contributed by atoms with van der Waals surface area (Å²) >= 11 is 0. The second-order valence-electron chi connectivity index (χ2n) is 7.85. The lowest BCUT2D eigenvalue weighted by atomic mass is 9.69. The molecule has 6 nitrogen and oxygen atoms in total. The lowest BCUT2D eigenvalue weighted by Crippen LogP contribution is -2.39. The van der Waals surface area contributed by atoms with Crippen LogP contribution < -0.4 is 11.2 Å². The van der Waals surface area contributed by atoms with Crippen LogP contribution in [0.25, 0.3) is 0 Å². The van der Waals surface area contributed by atoms with Crippen molar-refractivity contribution in [3.63, 3.8) is 0 Å². The van der Waals surface area contributed by atoms with Gasteiger partial charge in [-0.3, -0.25) is 18.9 Å². The van der Waals surface area contributed by atoms with Crippen LogP contribution in [0.2, 0.25) is 0 Å². The summed E-state index contributed by atoms with van der Waals surface area (Å²) in [7, 11) is 2.85. The Kier molecular flexibility index (Phi) is 3.36. The minimum atomic E-state index is -0.544. The molecule has 0 saturated heterocycles. The van der Waals surface area contributed by atoms with Crippen molar-refractivity contribution in [1.29, 1.82) is 0 Å². The fourth-order valence-electron chi connectivity index (χ4n) is 4.52. The zero-order valence-electron chi connectivity index (χ0n) is 14.5. The van der Waals surface area contributed by atoms with Crippen LogP contribution in [0.5, 0.6) is 5.88 Å². The smallest absolute Gasteiger partial charge is 0.333 e. The first-order valence-corrected chi connectivity index (χ1v) is 8.13. The zero-order chi connectivity index (χ0) is 17.2. The third kappa shape index (κ3) is 1.96. The van der Waals surface area contributed by atoms with Crippen LogP contribution in [-0.4, -0.2) is 26.5 Å². The molecular weight excluding hydrogens is 294 g/mol. The minimum Gasteiger partial charge on any atom is -0.494 e. The van der Waals surface area contributed by atoms with Gasteiger partial charge in [0.05, 0.1) is 6.04 Å². The van der Waals surface area contributed by atoms with Gasteiger partial charge in [-0.1, -0.05) is 20.8 Å². The van der Waals surface area contributed by atoms with Gasteiger partial charge in [-0.25, -0.2) is 4.79 Å². The van der Waals surface area contributed by atoms with Crippen LogP contribution in [0.15, 0.2) is 14.6 Å². The van der Waals surface area contributed by atoms with Crippen molar-refractivity contribution in [3.8, 4) is 5.88 Å². The lowest BCUT2D eigenvalue weighted by molar-refractivity contribution is 0.137. The van der Waals surface area contributed by atoms with Gasteiger partial charge in [-0.15, -0.1) is 0 Å². The van der Waals surface area contributed by atoms with E-state index in [4.69, 9.17) is 0 Å². The number of hydrogen-bond donors (Lipinski definition) is 1. The van der Waals surface area contributed by atoms with Gasteiger partial charge in [0, 0.05) is 20.3 Å². The number of nitrogens with zero attached hydrogens (tertiary/aromatic N) is 3. The summed E-state index contributed by atoms with van der Waals surface area (Å²) in [5.74, 6) is 0.334. The number of aromatic nitrogens is 2. The van der Waals surface area contributed by atoms with Crippen molar-refractivity contribution in [1.82, 2.24) is 9.13 Å². The van der Waals surface area contributed by atoms with E-state index in [0.29, 0.717) is 5.92 Å². The molecule has 3 rings (SSSR count). The van der Waals surface area contributed by atoms with Gasteiger partial charge in [-0.05, 0) is 36.0 Å². The first-order chi connectivity index (χ1) is 10.6. The zero-order valence-corrected chi connectivity index (χ0v) is 14.5. The third-order valence-electron chi connectivity index (χ3n) is 6.80. The predicted octanol–water partition coefficient (Wildman–Crippen LogP) is 1.42. The highest BCUT2D eigenvalue weighted by atomic mass is 16.3. The molecule has 1 N–H and O–H groups in total. The standard InChI is InChI=1S/C17H25N3O3/c1-16(2)10-6-7-17(16,3)12(8-10)18-9-11-13(21)19(4)15(23)20(5)14(11)22/h9-10,12,21H,6-8H2,1-5H3/t10-,12-,17-/m1/s1. The molecule has 0 radical (unpaired) electrons. The first kappa shape index (κ1) is 16.0. The van der Waals surface area contributed by atoms with E-state index in [1.807, 2.05) is 0 Å². The summed E-state index contributed by atoms with van der Waals surface area (Å²) in [4.78, 5) is 28.7. The van der Waals surface area contributed by atoms with Crippen LogP contribution >= 0.6 is 0 Å². The van der Waals surface area contributed by atoms with Crippen molar-refractivity contribution < 1.29 is 5.11 Å². The Bertz CT molecular complexity index is 803. The molecule has 2 fully saturated rings. The Morgan fingerprint density at radius 1 is 1.22 bits per heavy atom. The van der Waals surface area contributed by atoms with E-state index >= 15 is 0 Å². The monoisotopic (exact) mass is 319 g/mol. The maximum Gasteiger partial charge on any atom is 0.333 e. The Labute approximate surface area is 135 Å². The molecule has 2 bridgehead atoms. The van der Waals surface area contributed by atoms with E-state index < -0.39 is 11.2 Å². The largest absolute Gasteiger partial charge is 0.494 e. The Balaban J connectivity index is 2.01. The number of hydrogen-bond acceptors (Lipinski definition) is 4. The van der Waals surface area contributed by atoms with E-state index in [2.05, 4.69) is 25.8 Å². The fourth-order valence-corrected chi connectivity index (χ4v) is 4.52. The highest BCUT2D eigenvalue weighted by Crippen LogP contribution is 2.66. The second kappa shape index (κ2) is 4.82. The Morgan fingerprint density at radius 3 is 2.39 bits per heavy atom. The van der Waals surface area contributed by atoms with Crippen LogP contribution in [0.3, 0.4) is 0 Å². The maximum absolute atomic E-state index is 12.2. The van der Waals surface area contributed by atoms with E-state index in [9.17, 15) is 14.7 Å². The molecule has 2 aliphatic rings. The quantitative estimate of drug-likeness (QED) is 0.838. The third-order valence-corrected chi connectivity index (χ3v) is 6.80. The molecule has 3 atom stereocenters. The molecule has 2 aliphatic carbocycles. The van der Waals surface area contributed by atoms with Crippen molar-refractivity contribution >= 4 is 6.21 Å². The number of fused-ring (bicyclic) bond motifs is 2. The fraction of sp³-hybridized carbons (Fsp3) is 0.706. The van der Waals surface area contributed by atoms with Crippen molar-refractivity contribution in [2.24, 2.45) is 35.8 Å². The lowest BCUT2D eigenvalue weighted by Gasteiger charge is -2.37. The molecule has 23 heavy (non-hydrogen) atoms. The van der Waals surface area contributed by atoms with Crippen molar-refractivity contribution in [3.05, 3.63) is 26.4 Å². The summed E-state index contributed by atoms with van der Waals surface area (Å²) in [5, 5.41) is 10.1. The molecule has 0 amide bonds. The van der Waals surface area contributed by atoms with Gasteiger partial charge in [0.2, 0.25) is 5.88 Å². The number of rotatable bonds is 2. The van der Waals surface area contributed by atoms with Gasteiger partial charge in [0.1, 0.15) is 5.56 Å². The number of aliphatic imine (C=N–C) groups is 1. The molecule has 0 aromatic carbocycles. The first-order valence-electron chi connectivity index (χ1n) is 8.13. The molecule has 0 unspecified atom stereocenters. The second-order valence-corrected chi connectivity index (χ2v) is 7.85. The molecule has 6 heteroatoms. The molecular formula is C17H25N3O3. The van der Waals surface area contributed by atoms with Gasteiger partial charge in [0.15, 0.2) is 0 Å². The Morgan fingerprint density at radius 2 is 1.87 bits per heavy atom. The summed E-state index contributed by atoms with van der Waals surface area (Å²) in [6.07, 6.45) is 4.86. The van der Waals surface area contributed by atoms with Gasteiger partial charge < -0.3 is 5.11 Å². The van der Waals surface area contributed by atoms with Crippen LogP contribution in [0.1, 0.15) is 45.6 Å². The van der Waals surface area contributed by atoms with E-state index in [1.54, 1.807) is 0 Å². The maximum atomic E-state index is 12.2. The summed E-state index contributed by atoms with van der Waals surface area (Å²) in [6.45, 7) is 6.90. The van der Waals surface area contributed by atoms with Crippen molar-refractivity contribution in [2.45, 2.75) is 46.1 Å². The van der Waals surface area contributed by atoms with Gasteiger partial charge in [0.25, 0.3) is 5.56 Å². The van der Waals surface area contributed by atoms with Crippen LogP contribution in [0.4, 0.5) is 0 Å². The van der Waals surface area contributed by atoms with E-state index in [-0.39, 0.29) is 28.3 Å². The minimum absolute atomic E-state index is 0.0822. The van der Waals surface area contributed by atoms with E-state index in [1.165, 1.54) is 26.7 Å². The topological polar surface area (TPSA) is 76.6 Å². The highest BCUT2D eigenvalue weighted by molar-refractivity contribution is 5.82. The van der Waals surface area contributed by atoms with Crippen LogP contribution in [0, 0.1) is 16.7 Å². The SMILES string of the molecule is Cn1c(O)c(C=N[C@@H]2C[C@H]3CC[C@@]2(C)C3(C)C)c(=O)n(C)c1=O. The molecule has 126 valence electrons. The Hall–Kier alpha value is -1.85. The molecule has 1 aromatic heterocycles. The van der Waals surface area contributed by atoms with E-state index in [0.717, 1.165) is 22.0 Å². The highest BCUT2D eigenvalue weighted by Gasteiger charge is 2.61. The number of aromatic hydroxyl groups is 1. The molecule has 1 heterocycles. The van der Waals surface area contributed by atoms with Gasteiger partial charge in [-0.2, -0.15) is 0 Å². The normalized spacial score (nSPS) is 32.0. The summed E-state index contributed by atoms with van der Waals surface area (Å²) < 4.78 is 2.06. The average Bonchev–Trinajstić information content (AvgIpc) is 2.84. The predicted molar refractivity (Wildman–Crippen MR) is 89.2 cm³/mol. The van der Waals surface area contributed by atoms with Crippen LogP contribution in [-0.2, 0) is 14.1 Å². The van der Waals surface area contributed by atoms with Crippen molar-refractivity contribution in [2.75, 3.05) is 0 Å². The molecule has 1 aromatic rings.